The summed E-state index contributed by atoms with van der Waals surface area (Å²) in [7, 11) is 0. The number of halogens is 1. The van der Waals surface area contributed by atoms with Gasteiger partial charge in [-0.05, 0) is 38.5 Å². The average molecular weight is 267 g/mol. The molecule has 0 atom stereocenters. The molecule has 0 spiro atoms. The third-order valence-corrected chi connectivity index (χ3v) is 3.74. The van der Waals surface area contributed by atoms with Crippen molar-refractivity contribution >= 4 is 23.4 Å². The third-order valence-electron chi connectivity index (χ3n) is 3.47. The molecule has 0 saturated heterocycles. The highest BCUT2D eigenvalue weighted by Crippen LogP contribution is 2.39. The fourth-order valence-corrected chi connectivity index (χ4v) is 2.38. The van der Waals surface area contributed by atoms with Gasteiger partial charge >= 0.3 is 0 Å². The molecule has 1 aromatic rings. The maximum atomic E-state index is 6.27. The van der Waals surface area contributed by atoms with Gasteiger partial charge in [0.05, 0.1) is 6.20 Å². The summed E-state index contributed by atoms with van der Waals surface area (Å²) >= 11 is 6.27. The first-order valence-corrected chi connectivity index (χ1v) is 7.18. The minimum atomic E-state index is 0.646. The van der Waals surface area contributed by atoms with Crippen LogP contribution in [0.15, 0.2) is 6.20 Å². The van der Waals surface area contributed by atoms with E-state index in [1.165, 1.54) is 25.7 Å². The van der Waals surface area contributed by atoms with E-state index in [4.69, 9.17) is 11.6 Å². The second-order valence-corrected chi connectivity index (χ2v) is 5.63. The van der Waals surface area contributed by atoms with E-state index in [0.29, 0.717) is 17.0 Å². The topological polar surface area (TPSA) is 41.1 Å². The van der Waals surface area contributed by atoms with Crippen molar-refractivity contribution in [3.05, 3.63) is 11.2 Å². The van der Waals surface area contributed by atoms with Gasteiger partial charge in [0.2, 0.25) is 5.95 Å². The van der Waals surface area contributed by atoms with Crippen molar-refractivity contribution in [1.29, 1.82) is 0 Å². The van der Waals surface area contributed by atoms with E-state index in [1.807, 2.05) is 6.92 Å². The van der Waals surface area contributed by atoms with Crippen LogP contribution in [-0.2, 0) is 0 Å². The smallest absolute Gasteiger partial charge is 0.224 e. The van der Waals surface area contributed by atoms with Gasteiger partial charge in [-0.15, -0.1) is 0 Å². The lowest BCUT2D eigenvalue weighted by molar-refractivity contribution is 0.708. The highest BCUT2D eigenvalue weighted by atomic mass is 35.5. The van der Waals surface area contributed by atoms with E-state index >= 15 is 0 Å². The number of anilines is 2. The minimum Gasteiger partial charge on any atom is -0.354 e. The molecule has 1 heterocycles. The lowest BCUT2D eigenvalue weighted by atomic mass is 10.3. The maximum Gasteiger partial charge on any atom is 0.224 e. The fourth-order valence-electron chi connectivity index (χ4n) is 2.18. The molecule has 0 aromatic carbocycles. The highest BCUT2D eigenvalue weighted by Gasteiger charge is 2.35. The van der Waals surface area contributed by atoms with Gasteiger partial charge in [0, 0.05) is 19.1 Å². The second-order valence-electron chi connectivity index (χ2n) is 5.22. The summed E-state index contributed by atoms with van der Waals surface area (Å²) in [6.07, 6.45) is 6.95. The largest absolute Gasteiger partial charge is 0.354 e. The standard InChI is InChI=1S/C13H19ClN4/c1-2-15-13-16-7-11(14)12(17-13)18(10-5-6-10)8-9-3-4-9/h7,9-10H,2-6,8H2,1H3,(H,15,16,17). The Hall–Kier alpha value is -1.03. The van der Waals surface area contributed by atoms with E-state index < -0.39 is 0 Å². The van der Waals surface area contributed by atoms with Gasteiger partial charge in [-0.25, -0.2) is 4.98 Å². The summed E-state index contributed by atoms with van der Waals surface area (Å²) in [4.78, 5) is 11.2. The number of nitrogens with one attached hydrogen (secondary N) is 1. The first-order valence-electron chi connectivity index (χ1n) is 6.81. The van der Waals surface area contributed by atoms with Crippen LogP contribution in [0, 0.1) is 5.92 Å². The Balaban J connectivity index is 1.83. The maximum absolute atomic E-state index is 6.27. The molecule has 0 amide bonds. The molecule has 4 nitrogen and oxygen atoms in total. The van der Waals surface area contributed by atoms with Crippen LogP contribution in [0.1, 0.15) is 32.6 Å². The van der Waals surface area contributed by atoms with Crippen molar-refractivity contribution in [2.75, 3.05) is 23.3 Å². The molecule has 2 aliphatic carbocycles. The molecular formula is C13H19ClN4. The van der Waals surface area contributed by atoms with Crippen LogP contribution < -0.4 is 10.2 Å². The summed E-state index contributed by atoms with van der Waals surface area (Å²) in [5.74, 6) is 2.44. The molecule has 98 valence electrons. The van der Waals surface area contributed by atoms with E-state index in [-0.39, 0.29) is 0 Å². The molecule has 0 unspecified atom stereocenters. The first kappa shape index (κ1) is 12.0. The van der Waals surface area contributed by atoms with Crippen molar-refractivity contribution in [2.45, 2.75) is 38.6 Å². The molecule has 0 radical (unpaired) electrons. The van der Waals surface area contributed by atoms with Gasteiger partial charge in [-0.3, -0.25) is 0 Å². The van der Waals surface area contributed by atoms with Crippen LogP contribution >= 0.6 is 11.6 Å². The Morgan fingerprint density at radius 2 is 2.17 bits per heavy atom. The van der Waals surface area contributed by atoms with Gasteiger partial charge in [0.25, 0.3) is 0 Å². The zero-order valence-corrected chi connectivity index (χ0v) is 11.5. The Kier molecular flexibility index (Phi) is 3.29. The van der Waals surface area contributed by atoms with Crippen molar-refractivity contribution in [1.82, 2.24) is 9.97 Å². The SMILES string of the molecule is CCNc1ncc(Cl)c(N(CC2CC2)C2CC2)n1. The van der Waals surface area contributed by atoms with Crippen molar-refractivity contribution < 1.29 is 0 Å². The molecule has 2 saturated carbocycles. The number of hydrogen-bond donors (Lipinski definition) is 1. The van der Waals surface area contributed by atoms with Crippen LogP contribution in [0.4, 0.5) is 11.8 Å². The van der Waals surface area contributed by atoms with E-state index in [2.05, 4.69) is 20.2 Å². The lowest BCUT2D eigenvalue weighted by Gasteiger charge is -2.24. The summed E-state index contributed by atoms with van der Waals surface area (Å²) in [5.41, 5.74) is 0. The van der Waals surface area contributed by atoms with E-state index in [0.717, 1.165) is 24.8 Å². The first-order chi connectivity index (χ1) is 8.78. The van der Waals surface area contributed by atoms with Gasteiger partial charge < -0.3 is 10.2 Å². The number of nitrogens with zero attached hydrogens (tertiary/aromatic N) is 3. The zero-order chi connectivity index (χ0) is 12.5. The number of rotatable bonds is 6. The molecule has 0 bridgehead atoms. The van der Waals surface area contributed by atoms with Crippen molar-refractivity contribution in [2.24, 2.45) is 5.92 Å². The predicted octanol–water partition coefficient (Wildman–Crippen LogP) is 2.94. The van der Waals surface area contributed by atoms with Crippen LogP contribution in [0.3, 0.4) is 0 Å². The monoisotopic (exact) mass is 266 g/mol. The Morgan fingerprint density at radius 1 is 1.39 bits per heavy atom. The summed E-state index contributed by atoms with van der Waals surface area (Å²) in [6.45, 7) is 3.97. The molecule has 2 aliphatic rings. The Labute approximate surface area is 113 Å². The Morgan fingerprint density at radius 3 is 2.78 bits per heavy atom. The summed E-state index contributed by atoms with van der Waals surface area (Å²) in [6, 6.07) is 0.646. The summed E-state index contributed by atoms with van der Waals surface area (Å²) in [5, 5.41) is 3.82. The highest BCUT2D eigenvalue weighted by molar-refractivity contribution is 6.32. The van der Waals surface area contributed by atoms with Crippen LogP contribution in [0.2, 0.25) is 5.02 Å². The lowest BCUT2D eigenvalue weighted by Crippen LogP contribution is -2.29. The van der Waals surface area contributed by atoms with Crippen molar-refractivity contribution in [3.63, 3.8) is 0 Å². The molecule has 3 rings (SSSR count). The van der Waals surface area contributed by atoms with Crippen molar-refractivity contribution in [3.8, 4) is 0 Å². The molecule has 1 N–H and O–H groups in total. The molecule has 18 heavy (non-hydrogen) atoms. The Bertz CT molecular complexity index is 429. The van der Waals surface area contributed by atoms with Gasteiger partial charge in [0.15, 0.2) is 5.82 Å². The van der Waals surface area contributed by atoms with Gasteiger partial charge in [0.1, 0.15) is 5.02 Å². The fraction of sp³-hybridized carbons (Fsp3) is 0.692. The van der Waals surface area contributed by atoms with E-state index in [1.54, 1.807) is 6.20 Å². The van der Waals surface area contributed by atoms with E-state index in [9.17, 15) is 0 Å². The quantitative estimate of drug-likeness (QED) is 0.860. The minimum absolute atomic E-state index is 0.646. The number of hydrogen-bond acceptors (Lipinski definition) is 4. The number of aromatic nitrogens is 2. The molecule has 5 heteroatoms. The van der Waals surface area contributed by atoms with Crippen LogP contribution in [0.5, 0.6) is 0 Å². The van der Waals surface area contributed by atoms with Crippen LogP contribution in [0.25, 0.3) is 0 Å². The average Bonchev–Trinajstić information content (AvgIpc) is 3.23. The van der Waals surface area contributed by atoms with Gasteiger partial charge in [-0.2, -0.15) is 4.98 Å². The summed E-state index contributed by atoms with van der Waals surface area (Å²) < 4.78 is 0. The molecule has 2 fully saturated rings. The second kappa shape index (κ2) is 4.92. The normalized spacial score (nSPS) is 18.8. The predicted molar refractivity (Wildman–Crippen MR) is 74.3 cm³/mol. The zero-order valence-electron chi connectivity index (χ0n) is 10.7. The third kappa shape index (κ3) is 2.69. The molecule has 1 aromatic heterocycles. The van der Waals surface area contributed by atoms with Gasteiger partial charge in [-0.1, -0.05) is 11.6 Å². The molecular weight excluding hydrogens is 248 g/mol. The molecule has 0 aliphatic heterocycles. The van der Waals surface area contributed by atoms with Crippen LogP contribution in [-0.4, -0.2) is 29.1 Å².